The van der Waals surface area contributed by atoms with Crippen LogP contribution in [-0.4, -0.2) is 11.7 Å². The minimum absolute atomic E-state index is 0.103. The molecule has 0 aliphatic heterocycles. The van der Waals surface area contributed by atoms with E-state index in [2.05, 4.69) is 20.8 Å². The lowest BCUT2D eigenvalue weighted by atomic mass is 10.1. The van der Waals surface area contributed by atoms with E-state index < -0.39 is 0 Å². The first kappa shape index (κ1) is 13.7. The molecule has 1 aromatic carbocycles. The van der Waals surface area contributed by atoms with Crippen LogP contribution in [0.1, 0.15) is 41.0 Å². The second-order valence-corrected chi connectivity index (χ2v) is 5.08. The average molecular weight is 237 g/mol. The van der Waals surface area contributed by atoms with Crippen LogP contribution in [0.25, 0.3) is 0 Å². The summed E-state index contributed by atoms with van der Waals surface area (Å²) in [6, 6.07) is 5.55. The van der Waals surface area contributed by atoms with Gasteiger partial charge in [0.15, 0.2) is 0 Å². The van der Waals surface area contributed by atoms with Crippen LogP contribution in [0.5, 0.6) is 11.5 Å². The Morgan fingerprint density at radius 3 is 2.47 bits per heavy atom. The molecule has 3 heteroatoms. The predicted octanol–water partition coefficient (Wildman–Crippen LogP) is 3.62. The zero-order chi connectivity index (χ0) is 13.1. The number of ether oxygens (including phenoxy) is 2. The van der Waals surface area contributed by atoms with E-state index >= 15 is 0 Å². The van der Waals surface area contributed by atoms with Crippen LogP contribution in [-0.2, 0) is 0 Å². The normalized spacial score (nSPS) is 11.6. The van der Waals surface area contributed by atoms with E-state index in [9.17, 15) is 0 Å². The average Bonchev–Trinajstić information content (AvgIpc) is 2.22. The number of nitrogen functional groups attached to an aromatic ring is 1. The van der Waals surface area contributed by atoms with Crippen LogP contribution in [0, 0.1) is 0 Å². The van der Waals surface area contributed by atoms with E-state index in [4.69, 9.17) is 15.2 Å². The molecule has 0 spiro atoms. The standard InChI is InChI=1S/C14H23NO2/c1-6-14(4,5)17-11-7-8-12(15)13(9-11)16-10(2)3/h7-10H,6,15H2,1-5H3. The quantitative estimate of drug-likeness (QED) is 0.795. The van der Waals surface area contributed by atoms with Gasteiger partial charge >= 0.3 is 0 Å². The van der Waals surface area contributed by atoms with Crippen molar-refractivity contribution in [3.05, 3.63) is 18.2 Å². The van der Waals surface area contributed by atoms with Crippen molar-refractivity contribution >= 4 is 5.69 Å². The van der Waals surface area contributed by atoms with Crippen molar-refractivity contribution in [3.8, 4) is 11.5 Å². The molecule has 1 rings (SSSR count). The van der Waals surface area contributed by atoms with E-state index in [1.54, 1.807) is 0 Å². The fourth-order valence-electron chi connectivity index (χ4n) is 1.33. The molecular weight excluding hydrogens is 214 g/mol. The summed E-state index contributed by atoms with van der Waals surface area (Å²) in [4.78, 5) is 0. The van der Waals surface area contributed by atoms with Crippen molar-refractivity contribution in [1.29, 1.82) is 0 Å². The maximum atomic E-state index is 5.89. The molecule has 0 amide bonds. The van der Waals surface area contributed by atoms with E-state index in [1.807, 2.05) is 32.0 Å². The molecule has 2 N–H and O–H groups in total. The molecule has 0 aliphatic rings. The maximum absolute atomic E-state index is 5.89. The minimum atomic E-state index is -0.175. The van der Waals surface area contributed by atoms with E-state index in [1.165, 1.54) is 0 Å². The van der Waals surface area contributed by atoms with Gasteiger partial charge in [0.05, 0.1) is 11.8 Å². The third kappa shape index (κ3) is 4.17. The Morgan fingerprint density at radius 2 is 1.94 bits per heavy atom. The first-order chi connectivity index (χ1) is 7.84. The molecule has 0 heterocycles. The van der Waals surface area contributed by atoms with Gasteiger partial charge in [-0.3, -0.25) is 0 Å². The number of rotatable bonds is 5. The monoisotopic (exact) mass is 237 g/mol. The summed E-state index contributed by atoms with van der Waals surface area (Å²) in [7, 11) is 0. The SMILES string of the molecule is CCC(C)(C)Oc1ccc(N)c(OC(C)C)c1. The Bertz CT molecular complexity index is 372. The summed E-state index contributed by atoms with van der Waals surface area (Å²) < 4.78 is 11.5. The molecular formula is C14H23NO2. The lowest BCUT2D eigenvalue weighted by Crippen LogP contribution is -2.26. The molecule has 3 nitrogen and oxygen atoms in total. The number of anilines is 1. The first-order valence-electron chi connectivity index (χ1n) is 6.09. The minimum Gasteiger partial charge on any atom is -0.489 e. The number of hydrogen-bond acceptors (Lipinski definition) is 3. The lowest BCUT2D eigenvalue weighted by Gasteiger charge is -2.25. The van der Waals surface area contributed by atoms with Gasteiger partial charge in [0, 0.05) is 6.07 Å². The van der Waals surface area contributed by atoms with Gasteiger partial charge in [-0.2, -0.15) is 0 Å². The first-order valence-corrected chi connectivity index (χ1v) is 6.09. The van der Waals surface area contributed by atoms with Crippen LogP contribution in [0.4, 0.5) is 5.69 Å². The Hall–Kier alpha value is -1.38. The van der Waals surface area contributed by atoms with Crippen LogP contribution < -0.4 is 15.2 Å². The zero-order valence-electron chi connectivity index (χ0n) is 11.4. The van der Waals surface area contributed by atoms with E-state index in [-0.39, 0.29) is 11.7 Å². The van der Waals surface area contributed by atoms with Crippen molar-refractivity contribution in [3.63, 3.8) is 0 Å². The molecule has 0 fully saturated rings. The van der Waals surface area contributed by atoms with Crippen molar-refractivity contribution in [1.82, 2.24) is 0 Å². The highest BCUT2D eigenvalue weighted by Gasteiger charge is 2.17. The summed E-state index contributed by atoms with van der Waals surface area (Å²) in [5.74, 6) is 1.48. The van der Waals surface area contributed by atoms with Gasteiger partial charge < -0.3 is 15.2 Å². The largest absolute Gasteiger partial charge is 0.489 e. The second-order valence-electron chi connectivity index (χ2n) is 5.08. The molecule has 0 unspecified atom stereocenters. The van der Waals surface area contributed by atoms with Gasteiger partial charge in [0.2, 0.25) is 0 Å². The third-order valence-electron chi connectivity index (χ3n) is 2.59. The molecule has 0 bridgehead atoms. The Morgan fingerprint density at radius 1 is 1.29 bits per heavy atom. The van der Waals surface area contributed by atoms with Crippen LogP contribution in [0.3, 0.4) is 0 Å². The summed E-state index contributed by atoms with van der Waals surface area (Å²) in [5, 5.41) is 0. The fourth-order valence-corrected chi connectivity index (χ4v) is 1.33. The Balaban J connectivity index is 2.88. The molecule has 96 valence electrons. The molecule has 0 saturated carbocycles. The molecule has 17 heavy (non-hydrogen) atoms. The van der Waals surface area contributed by atoms with Crippen LogP contribution in [0.2, 0.25) is 0 Å². The lowest BCUT2D eigenvalue weighted by molar-refractivity contribution is 0.104. The number of benzene rings is 1. The predicted molar refractivity (Wildman–Crippen MR) is 71.6 cm³/mol. The second kappa shape index (κ2) is 5.30. The number of nitrogens with two attached hydrogens (primary N) is 1. The maximum Gasteiger partial charge on any atom is 0.146 e. The summed E-state index contributed by atoms with van der Waals surface area (Å²) in [6.07, 6.45) is 1.05. The van der Waals surface area contributed by atoms with Crippen molar-refractivity contribution in [2.24, 2.45) is 0 Å². The molecule has 0 aliphatic carbocycles. The Labute approximate surface area is 104 Å². The van der Waals surface area contributed by atoms with Crippen LogP contribution >= 0.6 is 0 Å². The summed E-state index contributed by atoms with van der Waals surface area (Å²) in [5.41, 5.74) is 6.32. The van der Waals surface area contributed by atoms with Crippen molar-refractivity contribution in [2.45, 2.75) is 52.7 Å². The van der Waals surface area contributed by atoms with E-state index in [0.29, 0.717) is 11.4 Å². The number of hydrogen-bond donors (Lipinski definition) is 1. The fraction of sp³-hybridized carbons (Fsp3) is 0.571. The highest BCUT2D eigenvalue weighted by atomic mass is 16.5. The molecule has 0 saturated heterocycles. The smallest absolute Gasteiger partial charge is 0.146 e. The van der Waals surface area contributed by atoms with Crippen molar-refractivity contribution in [2.75, 3.05) is 5.73 Å². The molecule has 1 aromatic rings. The highest BCUT2D eigenvalue weighted by Crippen LogP contribution is 2.30. The van der Waals surface area contributed by atoms with E-state index in [0.717, 1.165) is 12.2 Å². The van der Waals surface area contributed by atoms with Crippen molar-refractivity contribution < 1.29 is 9.47 Å². The highest BCUT2D eigenvalue weighted by molar-refractivity contribution is 5.55. The zero-order valence-corrected chi connectivity index (χ0v) is 11.4. The molecule has 0 atom stereocenters. The van der Waals surface area contributed by atoms with Gasteiger partial charge in [-0.1, -0.05) is 6.92 Å². The van der Waals surface area contributed by atoms with Gasteiger partial charge in [-0.15, -0.1) is 0 Å². The summed E-state index contributed by atoms with van der Waals surface area (Å²) in [6.45, 7) is 10.2. The van der Waals surface area contributed by atoms with Gasteiger partial charge in [-0.05, 0) is 46.2 Å². The van der Waals surface area contributed by atoms with Gasteiger partial charge in [0.1, 0.15) is 17.1 Å². The molecule has 0 aromatic heterocycles. The van der Waals surface area contributed by atoms with Crippen LogP contribution in [0.15, 0.2) is 18.2 Å². The van der Waals surface area contributed by atoms with Gasteiger partial charge in [-0.25, -0.2) is 0 Å². The summed E-state index contributed by atoms with van der Waals surface area (Å²) >= 11 is 0. The molecule has 0 radical (unpaired) electrons. The third-order valence-corrected chi connectivity index (χ3v) is 2.59. The van der Waals surface area contributed by atoms with Gasteiger partial charge in [0.25, 0.3) is 0 Å². The Kier molecular flexibility index (Phi) is 4.27. The topological polar surface area (TPSA) is 44.5 Å².